The van der Waals surface area contributed by atoms with Crippen LogP contribution >= 0.6 is 24.0 Å². The molecule has 1 amide bonds. The summed E-state index contributed by atoms with van der Waals surface area (Å²) in [7, 11) is 0. The fraction of sp³-hybridized carbons (Fsp3) is 0.333. The predicted molar refractivity (Wildman–Crippen MR) is 92.8 cm³/mol. The lowest BCUT2D eigenvalue weighted by Crippen LogP contribution is -2.21. The van der Waals surface area contributed by atoms with Gasteiger partial charge in [0.05, 0.1) is 11.2 Å². The molecule has 0 spiro atoms. The van der Waals surface area contributed by atoms with Crippen molar-refractivity contribution in [3.05, 3.63) is 40.9 Å². The van der Waals surface area contributed by atoms with Gasteiger partial charge in [-0.05, 0) is 18.9 Å². The van der Waals surface area contributed by atoms with Crippen LogP contribution in [-0.2, 0) is 0 Å². The molecule has 0 bridgehead atoms. The van der Waals surface area contributed by atoms with Gasteiger partial charge in [0.25, 0.3) is 12.3 Å². The highest BCUT2D eigenvalue weighted by Gasteiger charge is 2.33. The molecule has 1 fully saturated rings. The Morgan fingerprint density at radius 2 is 2.24 bits per heavy atom. The van der Waals surface area contributed by atoms with Crippen molar-refractivity contribution in [2.45, 2.75) is 30.4 Å². The van der Waals surface area contributed by atoms with Crippen molar-refractivity contribution in [3.8, 4) is 0 Å². The normalized spacial score (nSPS) is 20.0. The topological polar surface area (TPSA) is 72.2 Å². The van der Waals surface area contributed by atoms with Gasteiger partial charge in [-0.15, -0.1) is 11.3 Å². The molecule has 0 radical (unpaired) electrons. The first kappa shape index (κ1) is 16.4. The number of rotatable bonds is 4. The summed E-state index contributed by atoms with van der Waals surface area (Å²) in [4.78, 5) is 20.6. The van der Waals surface area contributed by atoms with Gasteiger partial charge in [0, 0.05) is 23.6 Å². The fourth-order valence-electron chi connectivity index (χ4n) is 2.71. The maximum atomic E-state index is 13.3. The molecule has 4 rings (SSSR count). The number of thiol groups is 1. The lowest BCUT2D eigenvalue weighted by molar-refractivity contribution is 0.102. The molecule has 1 aliphatic rings. The largest absolute Gasteiger partial charge is 0.312 e. The van der Waals surface area contributed by atoms with E-state index >= 15 is 0 Å². The molecule has 1 saturated carbocycles. The molecule has 25 heavy (non-hydrogen) atoms. The molecule has 0 unspecified atom stereocenters. The van der Waals surface area contributed by atoms with Crippen LogP contribution in [0.2, 0.25) is 0 Å². The molecule has 10 heteroatoms. The maximum absolute atomic E-state index is 13.3. The van der Waals surface area contributed by atoms with E-state index in [1.807, 2.05) is 0 Å². The summed E-state index contributed by atoms with van der Waals surface area (Å²) in [6, 6.07) is 1.68. The zero-order valence-corrected chi connectivity index (χ0v) is 14.5. The molecule has 0 atom stereocenters. The van der Waals surface area contributed by atoms with Crippen molar-refractivity contribution in [1.82, 2.24) is 19.6 Å². The first-order valence-electron chi connectivity index (χ1n) is 7.59. The molecule has 3 aromatic heterocycles. The van der Waals surface area contributed by atoms with Gasteiger partial charge < -0.3 is 5.32 Å². The van der Waals surface area contributed by atoms with Crippen LogP contribution in [0.1, 0.15) is 46.2 Å². The molecule has 130 valence electrons. The minimum absolute atomic E-state index is 0.0768. The Hall–Kier alpha value is -2.07. The van der Waals surface area contributed by atoms with Crippen LogP contribution < -0.4 is 5.32 Å². The molecule has 1 aliphatic carbocycles. The fourth-order valence-corrected chi connectivity index (χ4v) is 4.31. The third kappa shape index (κ3) is 2.99. The van der Waals surface area contributed by atoms with E-state index in [0.717, 1.165) is 24.2 Å². The van der Waals surface area contributed by atoms with Crippen LogP contribution in [0.15, 0.2) is 24.7 Å². The number of carbonyl (C=O) groups is 1. The summed E-state index contributed by atoms with van der Waals surface area (Å²) < 4.78 is 28.0. The summed E-state index contributed by atoms with van der Waals surface area (Å²) >= 11 is 5.44. The zero-order chi connectivity index (χ0) is 17.6. The molecule has 3 heterocycles. The number of halogens is 2. The molecular formula is C15H13F2N5OS2. The highest BCUT2D eigenvalue weighted by Crippen LogP contribution is 2.44. The van der Waals surface area contributed by atoms with Crippen LogP contribution in [-0.4, -0.2) is 30.7 Å². The third-order valence-corrected chi connectivity index (χ3v) is 5.66. The molecule has 0 saturated heterocycles. The van der Waals surface area contributed by atoms with Gasteiger partial charge in [-0.25, -0.2) is 23.3 Å². The highest BCUT2D eigenvalue weighted by molar-refractivity contribution is 7.81. The van der Waals surface area contributed by atoms with Crippen molar-refractivity contribution in [1.29, 1.82) is 0 Å². The first-order valence-corrected chi connectivity index (χ1v) is 8.92. The van der Waals surface area contributed by atoms with Gasteiger partial charge >= 0.3 is 0 Å². The third-order valence-electron chi connectivity index (χ3n) is 4.09. The number of hydrogen-bond donors (Lipinski definition) is 2. The molecular weight excluding hydrogens is 368 g/mol. The van der Waals surface area contributed by atoms with Gasteiger partial charge in [0.15, 0.2) is 5.65 Å². The van der Waals surface area contributed by atoms with Crippen molar-refractivity contribution in [3.63, 3.8) is 0 Å². The molecule has 0 aliphatic heterocycles. The van der Waals surface area contributed by atoms with E-state index in [9.17, 15) is 13.6 Å². The summed E-state index contributed by atoms with van der Waals surface area (Å²) in [5.41, 5.74) is 0.190. The molecule has 1 N–H and O–H groups in total. The Kier molecular flexibility index (Phi) is 4.16. The number of hydrogen-bond acceptors (Lipinski definition) is 6. The van der Waals surface area contributed by atoms with Crippen LogP contribution in [0, 0.1) is 0 Å². The van der Waals surface area contributed by atoms with Crippen molar-refractivity contribution < 1.29 is 13.6 Å². The SMILES string of the molecule is O=C(Nc1sc([C@H]2C[C@H](S)C2)nc1C(F)F)c1cnn2cccnc12. The van der Waals surface area contributed by atoms with Crippen LogP contribution in [0.5, 0.6) is 0 Å². The number of carbonyl (C=O) groups excluding carboxylic acids is 1. The van der Waals surface area contributed by atoms with Gasteiger partial charge in [-0.3, -0.25) is 4.79 Å². The zero-order valence-electron chi connectivity index (χ0n) is 12.8. The molecule has 6 nitrogen and oxygen atoms in total. The van der Waals surface area contributed by atoms with Crippen molar-refractivity contribution >= 4 is 40.5 Å². The lowest BCUT2D eigenvalue weighted by Gasteiger charge is -2.29. The maximum Gasteiger partial charge on any atom is 0.283 e. The first-order chi connectivity index (χ1) is 12.0. The number of fused-ring (bicyclic) bond motifs is 1. The number of nitrogens with one attached hydrogen (secondary N) is 1. The Morgan fingerprint density at radius 1 is 1.44 bits per heavy atom. The Balaban J connectivity index is 1.62. The summed E-state index contributed by atoms with van der Waals surface area (Å²) in [5, 5.41) is 7.55. The van der Waals surface area contributed by atoms with E-state index < -0.39 is 12.3 Å². The van der Waals surface area contributed by atoms with E-state index in [-0.39, 0.29) is 27.4 Å². The van der Waals surface area contributed by atoms with E-state index in [1.54, 1.807) is 12.3 Å². The second kappa shape index (κ2) is 6.34. The van der Waals surface area contributed by atoms with E-state index in [0.29, 0.717) is 10.7 Å². The van der Waals surface area contributed by atoms with Gasteiger partial charge in [0.2, 0.25) is 0 Å². The van der Waals surface area contributed by atoms with Crippen molar-refractivity contribution in [2.24, 2.45) is 0 Å². The standard InChI is InChI=1S/C15H13F2N5OS2/c16-11(17)10-15(25-14(20-10)7-4-8(24)5-7)21-13(23)9-6-19-22-3-1-2-18-12(9)22/h1-3,6-8,11,24H,4-5H2,(H,21,23)/t7-,8-. The number of thiazole rings is 1. The second-order valence-electron chi connectivity index (χ2n) is 5.79. The number of nitrogens with zero attached hydrogens (tertiary/aromatic N) is 4. The number of amides is 1. The summed E-state index contributed by atoms with van der Waals surface area (Å²) in [6.07, 6.45) is 3.41. The quantitative estimate of drug-likeness (QED) is 0.678. The minimum Gasteiger partial charge on any atom is -0.312 e. The van der Waals surface area contributed by atoms with Crippen LogP contribution in [0.3, 0.4) is 0 Å². The summed E-state index contributed by atoms with van der Waals surface area (Å²) in [5.74, 6) is -0.402. The average Bonchev–Trinajstić information content (AvgIpc) is 3.15. The minimum atomic E-state index is -2.76. The van der Waals surface area contributed by atoms with Crippen LogP contribution in [0.4, 0.5) is 13.8 Å². The predicted octanol–water partition coefficient (Wildman–Crippen LogP) is 3.55. The Morgan fingerprint density at radius 3 is 2.96 bits per heavy atom. The van der Waals surface area contributed by atoms with E-state index in [4.69, 9.17) is 0 Å². The molecule has 3 aromatic rings. The monoisotopic (exact) mass is 381 g/mol. The van der Waals surface area contributed by atoms with Crippen LogP contribution in [0.25, 0.3) is 5.65 Å². The smallest absolute Gasteiger partial charge is 0.283 e. The molecule has 0 aromatic carbocycles. The Bertz CT molecular complexity index is 935. The number of anilines is 1. The van der Waals surface area contributed by atoms with Crippen molar-refractivity contribution in [2.75, 3.05) is 5.32 Å². The highest BCUT2D eigenvalue weighted by atomic mass is 32.1. The number of aromatic nitrogens is 4. The van der Waals surface area contributed by atoms with Gasteiger partial charge in [-0.1, -0.05) is 0 Å². The number of alkyl halides is 2. The van der Waals surface area contributed by atoms with E-state index in [2.05, 4.69) is 33.0 Å². The Labute approximate surface area is 150 Å². The second-order valence-corrected chi connectivity index (χ2v) is 7.55. The van der Waals surface area contributed by atoms with E-state index in [1.165, 1.54) is 16.9 Å². The average molecular weight is 381 g/mol. The summed E-state index contributed by atoms with van der Waals surface area (Å²) in [6.45, 7) is 0. The van der Waals surface area contributed by atoms with Gasteiger partial charge in [0.1, 0.15) is 16.3 Å². The van der Waals surface area contributed by atoms with Gasteiger partial charge in [-0.2, -0.15) is 17.7 Å². The lowest BCUT2D eigenvalue weighted by atomic mass is 9.85.